The Kier molecular flexibility index (Phi) is 22.8. The number of benzene rings is 6. The molecule has 0 atom stereocenters. The molecule has 13 rings (SSSR count). The van der Waals surface area contributed by atoms with E-state index >= 15 is 0 Å². The molecule has 7 heterocycles. The molecule has 27 nitrogen and oxygen atoms in total. The number of ether oxygens (including phenoxy) is 1. The number of nitrogens with one attached hydrogen (secondary N) is 6. The summed E-state index contributed by atoms with van der Waals surface area (Å²) in [7, 11) is 0. The number of amidine groups is 1. The third kappa shape index (κ3) is 16.1. The lowest BCUT2D eigenvalue weighted by Gasteiger charge is -2.34. The van der Waals surface area contributed by atoms with Crippen LogP contribution in [0.3, 0.4) is 0 Å². The van der Waals surface area contributed by atoms with E-state index in [0.29, 0.717) is 70.9 Å². The minimum absolute atomic E-state index is 0. The Bertz CT molecular complexity index is 4980. The normalized spacial score (nSPS) is 14.0. The molecular formula is C73H70ClF3N16O11. The molecule has 3 saturated heterocycles. The number of piperazine rings is 3. The SMILES string of the molecule is CC(=N)c1ccc(F)c2c(C(=O)C(=O)N3CCN(C(=O)c4ccccc4)CC3)c[nH]c12.CC(C)(C)OC(=O)N/N=C(\N)c1ccc(F)c2c(C(=O)C(=O)N3CCN(C(=O)c4ccccc4)CC3)c[nH]c12.Cl.O=C(C(=O)N1CCN(C(=O)c2ccccc2)CC1)c1c[nH]c2c(-c3ncn[nH]3)ccc(F)c12. The smallest absolute Gasteiger partial charge is 0.428 e. The molecule has 0 saturated carbocycles. The van der Waals surface area contributed by atoms with Crippen LogP contribution in [0.4, 0.5) is 18.0 Å². The van der Waals surface area contributed by atoms with Crippen molar-refractivity contribution in [1.82, 2.24) is 65.0 Å². The highest BCUT2D eigenvalue weighted by Crippen LogP contribution is 2.32. The molecule has 0 bridgehead atoms. The number of carbonyl (C=O) groups is 10. The van der Waals surface area contributed by atoms with Gasteiger partial charge in [-0.15, -0.1) is 12.4 Å². The molecule has 3 fully saturated rings. The summed E-state index contributed by atoms with van der Waals surface area (Å²) in [5.41, 5.74) is 11.1. The topological polar surface area (TPSA) is 363 Å². The minimum Gasteiger partial charge on any atom is -0.443 e. The van der Waals surface area contributed by atoms with Gasteiger partial charge in [-0.3, -0.25) is 48.2 Å². The number of hydrazone groups is 1. The Morgan fingerprint density at radius 1 is 0.481 bits per heavy atom. The number of Topliss-reactive ketones (excluding diaryl/α,β-unsaturated/α-hetero) is 3. The number of ketones is 3. The predicted molar refractivity (Wildman–Crippen MR) is 380 cm³/mol. The lowest BCUT2D eigenvalue weighted by molar-refractivity contribution is -0.128. The second kappa shape index (κ2) is 31.9. The number of amides is 7. The van der Waals surface area contributed by atoms with Crippen molar-refractivity contribution in [3.8, 4) is 11.4 Å². The summed E-state index contributed by atoms with van der Waals surface area (Å²) in [6, 6.07) is 34.4. The Hall–Kier alpha value is -12.6. The van der Waals surface area contributed by atoms with Crippen molar-refractivity contribution >= 4 is 116 Å². The summed E-state index contributed by atoms with van der Waals surface area (Å²) in [4.78, 5) is 149. The van der Waals surface area contributed by atoms with Crippen molar-refractivity contribution in [3.63, 3.8) is 0 Å². The number of carbonyl (C=O) groups excluding carboxylic acids is 10. The van der Waals surface area contributed by atoms with E-state index in [0.717, 1.165) is 6.07 Å². The summed E-state index contributed by atoms with van der Waals surface area (Å²) in [5.74, 6) is -6.92. The van der Waals surface area contributed by atoms with Crippen molar-refractivity contribution < 1.29 is 65.9 Å². The average molecular weight is 1440 g/mol. The van der Waals surface area contributed by atoms with E-state index in [4.69, 9.17) is 15.9 Å². The molecule has 6 aromatic carbocycles. The molecular weight excluding hydrogens is 1370 g/mol. The van der Waals surface area contributed by atoms with Crippen LogP contribution in [-0.4, -0.2) is 214 Å². The lowest BCUT2D eigenvalue weighted by atomic mass is 10.0. The largest absolute Gasteiger partial charge is 0.443 e. The van der Waals surface area contributed by atoms with Gasteiger partial charge in [0.1, 0.15) is 29.4 Å². The molecule has 4 aromatic heterocycles. The molecule has 31 heteroatoms. The maximum absolute atomic E-state index is 14.9. The van der Waals surface area contributed by atoms with E-state index in [1.165, 1.54) is 69.9 Å². The van der Waals surface area contributed by atoms with E-state index in [1.54, 1.807) is 115 Å². The van der Waals surface area contributed by atoms with Crippen LogP contribution in [0.2, 0.25) is 0 Å². The van der Waals surface area contributed by atoms with Gasteiger partial charge >= 0.3 is 6.09 Å². The van der Waals surface area contributed by atoms with E-state index in [2.05, 4.69) is 40.7 Å². The van der Waals surface area contributed by atoms with Crippen molar-refractivity contribution in [2.75, 3.05) is 78.5 Å². The molecule has 0 radical (unpaired) electrons. The summed E-state index contributed by atoms with van der Waals surface area (Å²) in [6.45, 7) is 9.60. The first-order chi connectivity index (χ1) is 49.4. The van der Waals surface area contributed by atoms with Crippen LogP contribution in [0.5, 0.6) is 0 Å². The molecule has 10 aromatic rings. The third-order valence-electron chi connectivity index (χ3n) is 17.3. The fraction of sp³-hybridized carbons (Fsp3) is 0.233. The van der Waals surface area contributed by atoms with Gasteiger partial charge in [0.25, 0.3) is 52.8 Å². The van der Waals surface area contributed by atoms with Gasteiger partial charge < -0.3 is 60.2 Å². The Labute approximate surface area is 597 Å². The molecule has 104 heavy (non-hydrogen) atoms. The molecule has 3 aliphatic heterocycles. The van der Waals surface area contributed by atoms with Crippen molar-refractivity contribution in [2.45, 2.75) is 33.3 Å². The van der Waals surface area contributed by atoms with Crippen LogP contribution in [0.15, 0.2) is 157 Å². The second-order valence-corrected chi connectivity index (χ2v) is 25.1. The van der Waals surface area contributed by atoms with Gasteiger partial charge in [-0.1, -0.05) is 54.6 Å². The number of nitrogens with zero attached hydrogens (tertiary/aromatic N) is 9. The number of aromatic amines is 4. The molecule has 7 amide bonds. The summed E-state index contributed by atoms with van der Waals surface area (Å²) >= 11 is 0. The van der Waals surface area contributed by atoms with Gasteiger partial charge in [-0.05, 0) is 100 Å². The molecule has 0 spiro atoms. The van der Waals surface area contributed by atoms with Crippen LogP contribution in [0.25, 0.3) is 44.1 Å². The molecule has 0 aliphatic carbocycles. The highest BCUT2D eigenvalue weighted by Gasteiger charge is 2.35. The van der Waals surface area contributed by atoms with E-state index < -0.39 is 64.2 Å². The summed E-state index contributed by atoms with van der Waals surface area (Å²) < 4.78 is 49.1. The zero-order chi connectivity index (χ0) is 73.4. The van der Waals surface area contributed by atoms with Crippen LogP contribution in [0, 0.1) is 22.9 Å². The van der Waals surface area contributed by atoms with Gasteiger partial charge in [-0.25, -0.2) is 28.4 Å². The number of fused-ring (bicyclic) bond motifs is 3. The fourth-order valence-electron chi connectivity index (χ4n) is 12.1. The maximum Gasteiger partial charge on any atom is 0.428 e. The van der Waals surface area contributed by atoms with Gasteiger partial charge in [0.15, 0.2) is 11.7 Å². The first kappa shape index (κ1) is 74.1. The number of hydrogen-bond donors (Lipinski definition) is 7. The Balaban J connectivity index is 0.000000168. The van der Waals surface area contributed by atoms with Crippen molar-refractivity contribution in [1.29, 1.82) is 5.41 Å². The van der Waals surface area contributed by atoms with Gasteiger partial charge in [0.05, 0.1) is 33.2 Å². The number of aromatic nitrogens is 6. The van der Waals surface area contributed by atoms with Gasteiger partial charge in [0, 0.05) is 152 Å². The summed E-state index contributed by atoms with van der Waals surface area (Å²) in [6.07, 6.45) is 4.38. The maximum atomic E-state index is 14.9. The Morgan fingerprint density at radius 2 is 0.817 bits per heavy atom. The van der Waals surface area contributed by atoms with Crippen LogP contribution >= 0.6 is 12.4 Å². The van der Waals surface area contributed by atoms with Crippen LogP contribution in [-0.2, 0) is 19.1 Å². The van der Waals surface area contributed by atoms with Crippen LogP contribution < -0.4 is 11.2 Å². The highest BCUT2D eigenvalue weighted by molar-refractivity contribution is 6.46. The monoisotopic (exact) mass is 1440 g/mol. The minimum atomic E-state index is -0.900. The van der Waals surface area contributed by atoms with E-state index in [9.17, 15) is 61.1 Å². The number of hydrogen-bond acceptors (Lipinski definition) is 15. The number of rotatable bonds is 13. The standard InChI is InChI=1S/C27H29FN6O5.C23H19FN6O3.C23H21FN4O3.ClH/c1-27(2,3)39-26(38)32-31-23(29)17-9-10-19(28)20-18(15-30-21(17)20)22(35)25(37)34-13-11-33(12-14-34)24(36)16-7-5-4-6-8-16;24-17-7-6-15(21-26-13-27-28-21)19-18(17)16(12-25-19)20(31)23(33)30-10-8-29(9-11-30)22(32)14-4-2-1-3-5-14;1-14(25)16-7-8-18(24)19-17(13-26-20(16)19)21(29)23(31)28-11-9-27(10-12-28)22(30)15-5-3-2-4-6-15;/h4-10,15,30H,11-14H2,1-3H3,(H2,29,31)(H,32,38);1-7,12-13,25H,8-11H2,(H,26,27,28);2-8,13,25-26H,9-12H2,1H3;1H. The molecule has 536 valence electrons. The first-order valence-corrected chi connectivity index (χ1v) is 32.5. The van der Waals surface area contributed by atoms with E-state index in [1.807, 2.05) is 18.2 Å². The summed E-state index contributed by atoms with van der Waals surface area (Å²) in [5, 5.41) is 18.1. The Morgan fingerprint density at radius 3 is 1.17 bits per heavy atom. The van der Waals surface area contributed by atoms with E-state index in [-0.39, 0.29) is 138 Å². The number of H-pyrrole nitrogens is 4. The first-order valence-electron chi connectivity index (χ1n) is 32.5. The zero-order valence-electron chi connectivity index (χ0n) is 56.6. The van der Waals surface area contributed by atoms with Crippen molar-refractivity contribution in [2.24, 2.45) is 10.8 Å². The molecule has 0 unspecified atom stereocenters. The second-order valence-electron chi connectivity index (χ2n) is 25.1. The highest BCUT2D eigenvalue weighted by atomic mass is 35.5. The number of nitrogens with two attached hydrogens (primary N) is 1. The van der Waals surface area contributed by atoms with Gasteiger partial charge in [-0.2, -0.15) is 10.2 Å². The lowest BCUT2D eigenvalue weighted by Crippen LogP contribution is -2.52. The quantitative estimate of drug-likeness (QED) is 0.0188. The predicted octanol–water partition coefficient (Wildman–Crippen LogP) is 8.16. The van der Waals surface area contributed by atoms with Gasteiger partial charge in [0.2, 0.25) is 0 Å². The zero-order valence-corrected chi connectivity index (χ0v) is 57.4. The average Bonchev–Trinajstić information content (AvgIpc) is 1.60. The molecule has 8 N–H and O–H groups in total. The fourth-order valence-corrected chi connectivity index (χ4v) is 12.1. The molecule has 3 aliphatic rings. The number of halogens is 4. The van der Waals surface area contributed by atoms with Crippen LogP contribution in [0.1, 0.15) is 101 Å². The third-order valence-corrected chi connectivity index (χ3v) is 17.3. The van der Waals surface area contributed by atoms with Crippen molar-refractivity contribution in [3.05, 3.63) is 214 Å².